The Hall–Kier alpha value is -1.28. The number of benzene rings is 1. The fraction of sp³-hybridized carbons (Fsp3) is 0.529. The van der Waals surface area contributed by atoms with Gasteiger partial charge in [-0.05, 0) is 31.0 Å². The molecule has 0 fully saturated rings. The quantitative estimate of drug-likeness (QED) is 0.681. The Morgan fingerprint density at radius 3 is 2.58 bits per heavy atom. The van der Waals surface area contributed by atoms with E-state index in [1.165, 1.54) is 0 Å². The smallest absolute Gasteiger partial charge is 0.119 e. The lowest BCUT2D eigenvalue weighted by atomic mass is 9.87. The molecule has 0 saturated carbocycles. The average molecular weight is 261 g/mol. The van der Waals surface area contributed by atoms with E-state index < -0.39 is 0 Å². The van der Waals surface area contributed by atoms with Gasteiger partial charge in [-0.3, -0.25) is 0 Å². The van der Waals surface area contributed by atoms with E-state index in [1.54, 1.807) is 0 Å². The normalized spacial score (nSPS) is 14.1. The van der Waals surface area contributed by atoms with Gasteiger partial charge >= 0.3 is 0 Å². The monoisotopic (exact) mass is 261 g/mol. The fourth-order valence-corrected chi connectivity index (χ4v) is 1.83. The van der Waals surface area contributed by atoms with Gasteiger partial charge in [0.15, 0.2) is 0 Å². The first kappa shape index (κ1) is 15.8. The highest BCUT2D eigenvalue weighted by atomic mass is 16.5. The van der Waals surface area contributed by atoms with Gasteiger partial charge in [0.05, 0.1) is 6.61 Å². The Labute approximate surface area is 117 Å². The van der Waals surface area contributed by atoms with E-state index >= 15 is 0 Å². The minimum absolute atomic E-state index is 0.0870. The molecule has 19 heavy (non-hydrogen) atoms. The van der Waals surface area contributed by atoms with E-state index in [-0.39, 0.29) is 5.41 Å². The zero-order chi connectivity index (χ0) is 14.1. The van der Waals surface area contributed by atoms with Crippen molar-refractivity contribution < 1.29 is 4.74 Å². The van der Waals surface area contributed by atoms with Crippen LogP contribution in [0, 0.1) is 11.3 Å². The van der Waals surface area contributed by atoms with Crippen LogP contribution in [0.1, 0.15) is 27.2 Å². The summed E-state index contributed by atoms with van der Waals surface area (Å²) in [4.78, 5) is 0. The second-order valence-corrected chi connectivity index (χ2v) is 5.79. The standard InChI is InChI=1S/C17H27NO/c1-5-17(4,14-18-13-15(2)3)11-12-19-16-9-7-6-8-10-16/h5-10,15,18H,1,11-14H2,2-4H3. The largest absolute Gasteiger partial charge is 0.494 e. The molecule has 1 rings (SSSR count). The number of hydrogen-bond donors (Lipinski definition) is 1. The van der Waals surface area contributed by atoms with Gasteiger partial charge in [0.2, 0.25) is 0 Å². The lowest BCUT2D eigenvalue weighted by Crippen LogP contribution is -2.33. The summed E-state index contributed by atoms with van der Waals surface area (Å²) >= 11 is 0. The zero-order valence-electron chi connectivity index (χ0n) is 12.5. The maximum atomic E-state index is 5.76. The first-order valence-corrected chi connectivity index (χ1v) is 7.08. The highest BCUT2D eigenvalue weighted by molar-refractivity contribution is 5.20. The Morgan fingerprint density at radius 1 is 1.32 bits per heavy atom. The van der Waals surface area contributed by atoms with Gasteiger partial charge in [0.1, 0.15) is 5.75 Å². The number of hydrogen-bond acceptors (Lipinski definition) is 2. The van der Waals surface area contributed by atoms with Crippen molar-refractivity contribution in [2.75, 3.05) is 19.7 Å². The summed E-state index contributed by atoms with van der Waals surface area (Å²) < 4.78 is 5.76. The van der Waals surface area contributed by atoms with Crippen LogP contribution in [0.4, 0.5) is 0 Å². The lowest BCUT2D eigenvalue weighted by Gasteiger charge is -2.26. The van der Waals surface area contributed by atoms with Crippen LogP contribution in [0.25, 0.3) is 0 Å². The van der Waals surface area contributed by atoms with E-state index in [1.807, 2.05) is 36.4 Å². The molecule has 0 spiro atoms. The first-order valence-electron chi connectivity index (χ1n) is 7.08. The molecule has 1 aromatic carbocycles. The maximum Gasteiger partial charge on any atom is 0.119 e. The van der Waals surface area contributed by atoms with Gasteiger partial charge in [0, 0.05) is 12.0 Å². The second-order valence-electron chi connectivity index (χ2n) is 5.79. The van der Waals surface area contributed by atoms with Gasteiger partial charge in [-0.25, -0.2) is 0 Å². The molecule has 0 aliphatic carbocycles. The van der Waals surface area contributed by atoms with Crippen molar-refractivity contribution in [3.63, 3.8) is 0 Å². The highest BCUT2D eigenvalue weighted by Gasteiger charge is 2.19. The molecule has 0 aromatic heterocycles. The molecule has 2 nitrogen and oxygen atoms in total. The molecule has 106 valence electrons. The molecule has 1 N–H and O–H groups in total. The molecular weight excluding hydrogens is 234 g/mol. The summed E-state index contributed by atoms with van der Waals surface area (Å²) in [6, 6.07) is 9.96. The van der Waals surface area contributed by atoms with Gasteiger partial charge in [-0.2, -0.15) is 0 Å². The predicted molar refractivity (Wildman–Crippen MR) is 82.6 cm³/mol. The Balaban J connectivity index is 2.32. The topological polar surface area (TPSA) is 21.3 Å². The molecule has 1 aromatic rings. The molecule has 0 heterocycles. The van der Waals surface area contributed by atoms with E-state index in [9.17, 15) is 0 Å². The molecule has 1 unspecified atom stereocenters. The Kier molecular flexibility index (Phi) is 6.65. The van der Waals surface area contributed by atoms with Crippen molar-refractivity contribution in [2.45, 2.75) is 27.2 Å². The molecule has 0 saturated heterocycles. The first-order chi connectivity index (χ1) is 9.06. The van der Waals surface area contributed by atoms with Gasteiger partial charge < -0.3 is 10.1 Å². The van der Waals surface area contributed by atoms with Crippen LogP contribution in [0.15, 0.2) is 43.0 Å². The Morgan fingerprint density at radius 2 is 2.00 bits per heavy atom. The van der Waals surface area contributed by atoms with Gasteiger partial charge in [0.25, 0.3) is 0 Å². The third kappa shape index (κ3) is 6.44. The third-order valence-corrected chi connectivity index (χ3v) is 3.26. The van der Waals surface area contributed by atoms with Crippen LogP contribution in [0.3, 0.4) is 0 Å². The average Bonchev–Trinajstić information content (AvgIpc) is 2.39. The summed E-state index contributed by atoms with van der Waals surface area (Å²) in [6.45, 7) is 13.3. The summed E-state index contributed by atoms with van der Waals surface area (Å²) in [5.41, 5.74) is 0.0870. The van der Waals surface area contributed by atoms with Crippen molar-refractivity contribution in [2.24, 2.45) is 11.3 Å². The molecule has 0 aliphatic heterocycles. The molecule has 0 aliphatic rings. The molecule has 2 heteroatoms. The minimum atomic E-state index is 0.0870. The number of para-hydroxylation sites is 1. The third-order valence-electron chi connectivity index (χ3n) is 3.26. The van der Waals surface area contributed by atoms with Crippen molar-refractivity contribution in [1.29, 1.82) is 0 Å². The molecule has 1 atom stereocenters. The van der Waals surface area contributed by atoms with Crippen molar-refractivity contribution in [3.8, 4) is 5.75 Å². The fourth-order valence-electron chi connectivity index (χ4n) is 1.83. The van der Waals surface area contributed by atoms with Crippen molar-refractivity contribution in [1.82, 2.24) is 5.32 Å². The van der Waals surface area contributed by atoms with Crippen LogP contribution in [0.2, 0.25) is 0 Å². The molecular formula is C17H27NO. The highest BCUT2D eigenvalue weighted by Crippen LogP contribution is 2.22. The number of rotatable bonds is 9. The second kappa shape index (κ2) is 8.00. The van der Waals surface area contributed by atoms with Crippen LogP contribution < -0.4 is 10.1 Å². The predicted octanol–water partition coefficient (Wildman–Crippen LogP) is 3.89. The zero-order valence-corrected chi connectivity index (χ0v) is 12.5. The summed E-state index contributed by atoms with van der Waals surface area (Å²) in [5, 5.41) is 3.50. The molecule has 0 amide bonds. The lowest BCUT2D eigenvalue weighted by molar-refractivity contribution is 0.243. The summed E-state index contributed by atoms with van der Waals surface area (Å²) in [7, 11) is 0. The van der Waals surface area contributed by atoms with Crippen molar-refractivity contribution in [3.05, 3.63) is 43.0 Å². The maximum absolute atomic E-state index is 5.76. The molecule has 0 bridgehead atoms. The van der Waals surface area contributed by atoms with E-state index in [0.717, 1.165) is 31.9 Å². The van der Waals surface area contributed by atoms with E-state index in [0.29, 0.717) is 5.92 Å². The Bertz CT molecular complexity index is 361. The number of ether oxygens (including phenoxy) is 1. The van der Waals surface area contributed by atoms with E-state index in [2.05, 4.69) is 32.7 Å². The van der Waals surface area contributed by atoms with Gasteiger partial charge in [-0.1, -0.05) is 45.0 Å². The van der Waals surface area contributed by atoms with Gasteiger partial charge in [-0.15, -0.1) is 6.58 Å². The van der Waals surface area contributed by atoms with Crippen LogP contribution in [0.5, 0.6) is 5.75 Å². The SMILES string of the molecule is C=CC(C)(CCOc1ccccc1)CNCC(C)C. The number of nitrogens with one attached hydrogen (secondary N) is 1. The van der Waals surface area contributed by atoms with Crippen LogP contribution >= 0.6 is 0 Å². The summed E-state index contributed by atoms with van der Waals surface area (Å²) in [5.74, 6) is 1.61. The minimum Gasteiger partial charge on any atom is -0.494 e. The van der Waals surface area contributed by atoms with Crippen LogP contribution in [-0.2, 0) is 0 Å². The van der Waals surface area contributed by atoms with Crippen LogP contribution in [-0.4, -0.2) is 19.7 Å². The van der Waals surface area contributed by atoms with E-state index in [4.69, 9.17) is 4.74 Å². The molecule has 0 radical (unpaired) electrons. The summed E-state index contributed by atoms with van der Waals surface area (Å²) in [6.07, 6.45) is 3.01. The van der Waals surface area contributed by atoms with Crippen molar-refractivity contribution >= 4 is 0 Å².